The number of rotatable bonds is 2. The Morgan fingerprint density at radius 2 is 2.44 bits per heavy atom. The van der Waals surface area contributed by atoms with Crippen molar-refractivity contribution in [2.75, 3.05) is 11.9 Å². The van der Waals surface area contributed by atoms with Crippen LogP contribution in [-0.4, -0.2) is 17.4 Å². The van der Waals surface area contributed by atoms with E-state index in [1.807, 2.05) is 0 Å². The van der Waals surface area contributed by atoms with Crippen molar-refractivity contribution in [3.05, 3.63) is 33.7 Å². The molecule has 2 N–H and O–H groups in total. The second-order valence-electron chi connectivity index (χ2n) is 3.87. The number of nitrogens with one attached hydrogen (secondary N) is 2. The maximum atomic E-state index is 11.8. The molecule has 0 bridgehead atoms. The average molecular weight is 284 g/mol. The van der Waals surface area contributed by atoms with E-state index in [-0.39, 0.29) is 16.9 Å². The molecule has 7 heteroatoms. The maximum absolute atomic E-state index is 11.8. The molecule has 18 heavy (non-hydrogen) atoms. The van der Waals surface area contributed by atoms with Crippen LogP contribution in [0.4, 0.5) is 5.13 Å². The van der Waals surface area contributed by atoms with Gasteiger partial charge in [-0.2, -0.15) is 0 Å². The van der Waals surface area contributed by atoms with E-state index in [0.717, 1.165) is 25.2 Å². The average Bonchev–Trinajstić information content (AvgIpc) is 2.94. The topological polar surface area (TPSA) is 67.2 Å². The molecule has 0 radical (unpaired) electrons. The number of aromatic nitrogens is 1. The lowest BCUT2D eigenvalue weighted by Gasteiger charge is -2.09. The SMILES string of the molecule is O=C(Nc1nc2c(s1)CNCC2)c1ccc(Cl)o1. The van der Waals surface area contributed by atoms with Crippen LogP contribution >= 0.6 is 22.9 Å². The normalized spacial score (nSPS) is 14.3. The Balaban J connectivity index is 1.76. The van der Waals surface area contributed by atoms with Crippen LogP contribution < -0.4 is 10.6 Å². The molecule has 0 saturated carbocycles. The number of hydrogen-bond donors (Lipinski definition) is 2. The zero-order valence-corrected chi connectivity index (χ0v) is 10.9. The first-order valence-electron chi connectivity index (χ1n) is 5.48. The maximum Gasteiger partial charge on any atom is 0.293 e. The van der Waals surface area contributed by atoms with Crippen LogP contribution in [0.2, 0.25) is 5.22 Å². The third kappa shape index (κ3) is 2.27. The molecule has 0 spiro atoms. The summed E-state index contributed by atoms with van der Waals surface area (Å²) in [6.07, 6.45) is 0.897. The fourth-order valence-electron chi connectivity index (χ4n) is 1.77. The number of amides is 1. The van der Waals surface area contributed by atoms with E-state index in [4.69, 9.17) is 16.0 Å². The van der Waals surface area contributed by atoms with Crippen molar-refractivity contribution in [2.24, 2.45) is 0 Å². The van der Waals surface area contributed by atoms with Crippen LogP contribution in [0, 0.1) is 0 Å². The summed E-state index contributed by atoms with van der Waals surface area (Å²) in [7, 11) is 0. The zero-order chi connectivity index (χ0) is 12.5. The number of carbonyl (C=O) groups excluding carboxylic acids is 1. The highest BCUT2D eigenvalue weighted by molar-refractivity contribution is 7.15. The van der Waals surface area contributed by atoms with Crippen molar-refractivity contribution >= 4 is 34.0 Å². The first kappa shape index (κ1) is 11.7. The minimum Gasteiger partial charge on any atom is -0.440 e. The summed E-state index contributed by atoms with van der Waals surface area (Å²) in [5.41, 5.74) is 1.06. The molecule has 0 saturated heterocycles. The quantitative estimate of drug-likeness (QED) is 0.887. The molecule has 0 unspecified atom stereocenters. The molecular formula is C11H10ClN3O2S. The van der Waals surface area contributed by atoms with Crippen LogP contribution in [0.5, 0.6) is 0 Å². The van der Waals surface area contributed by atoms with Gasteiger partial charge in [-0.05, 0) is 23.7 Å². The summed E-state index contributed by atoms with van der Waals surface area (Å²) >= 11 is 7.11. The monoisotopic (exact) mass is 283 g/mol. The number of hydrogen-bond acceptors (Lipinski definition) is 5. The predicted molar refractivity (Wildman–Crippen MR) is 69.2 cm³/mol. The number of furan rings is 1. The minimum absolute atomic E-state index is 0.186. The Bertz CT molecular complexity index is 569. The number of thiazole rings is 1. The van der Waals surface area contributed by atoms with E-state index in [1.165, 1.54) is 28.3 Å². The van der Waals surface area contributed by atoms with Gasteiger partial charge >= 0.3 is 0 Å². The minimum atomic E-state index is -0.332. The van der Waals surface area contributed by atoms with E-state index in [0.29, 0.717) is 5.13 Å². The van der Waals surface area contributed by atoms with Crippen molar-refractivity contribution in [2.45, 2.75) is 13.0 Å². The highest BCUT2D eigenvalue weighted by Gasteiger charge is 2.17. The summed E-state index contributed by atoms with van der Waals surface area (Å²) in [6.45, 7) is 1.74. The third-order valence-electron chi connectivity index (χ3n) is 2.62. The Morgan fingerprint density at radius 3 is 3.17 bits per heavy atom. The molecule has 3 heterocycles. The van der Waals surface area contributed by atoms with E-state index in [9.17, 15) is 4.79 Å². The molecule has 5 nitrogen and oxygen atoms in total. The Kier molecular flexibility index (Phi) is 3.07. The summed E-state index contributed by atoms with van der Waals surface area (Å²) in [6, 6.07) is 3.07. The Hall–Kier alpha value is -1.37. The third-order valence-corrected chi connectivity index (χ3v) is 3.84. The lowest BCUT2D eigenvalue weighted by atomic mass is 10.2. The second-order valence-corrected chi connectivity index (χ2v) is 5.33. The van der Waals surface area contributed by atoms with Gasteiger partial charge in [0.15, 0.2) is 16.1 Å². The lowest BCUT2D eigenvalue weighted by Crippen LogP contribution is -2.22. The first-order valence-corrected chi connectivity index (χ1v) is 6.68. The zero-order valence-electron chi connectivity index (χ0n) is 9.33. The molecule has 1 amide bonds. The fraction of sp³-hybridized carbons (Fsp3) is 0.273. The largest absolute Gasteiger partial charge is 0.440 e. The highest BCUT2D eigenvalue weighted by atomic mass is 35.5. The van der Waals surface area contributed by atoms with E-state index < -0.39 is 0 Å². The van der Waals surface area contributed by atoms with Gasteiger partial charge < -0.3 is 9.73 Å². The van der Waals surface area contributed by atoms with Gasteiger partial charge in [0.1, 0.15) is 0 Å². The van der Waals surface area contributed by atoms with Crippen molar-refractivity contribution < 1.29 is 9.21 Å². The summed E-state index contributed by atoms with van der Waals surface area (Å²) in [5.74, 6) is -0.146. The number of nitrogens with zero attached hydrogens (tertiary/aromatic N) is 1. The number of fused-ring (bicyclic) bond motifs is 1. The smallest absolute Gasteiger partial charge is 0.293 e. The van der Waals surface area contributed by atoms with Gasteiger partial charge in [0, 0.05) is 24.4 Å². The second kappa shape index (κ2) is 4.72. The van der Waals surface area contributed by atoms with Gasteiger partial charge in [0.05, 0.1) is 5.69 Å². The standard InChI is InChI=1S/C11H10ClN3O2S/c12-9-2-1-7(17-9)10(16)15-11-14-6-3-4-13-5-8(6)18-11/h1-2,13H,3-5H2,(H,14,15,16). The van der Waals surface area contributed by atoms with Crippen molar-refractivity contribution in [3.63, 3.8) is 0 Å². The molecule has 2 aromatic heterocycles. The molecule has 1 aliphatic rings. The van der Waals surface area contributed by atoms with E-state index >= 15 is 0 Å². The van der Waals surface area contributed by atoms with E-state index in [1.54, 1.807) is 0 Å². The van der Waals surface area contributed by atoms with Crippen molar-refractivity contribution in [3.8, 4) is 0 Å². The summed E-state index contributed by atoms with van der Waals surface area (Å²) < 4.78 is 5.04. The predicted octanol–water partition coefficient (Wildman–Crippen LogP) is 2.29. The lowest BCUT2D eigenvalue weighted by molar-refractivity contribution is 0.0997. The van der Waals surface area contributed by atoms with Gasteiger partial charge in [0.25, 0.3) is 5.91 Å². The van der Waals surface area contributed by atoms with Gasteiger partial charge in [0.2, 0.25) is 0 Å². The fourth-order valence-corrected chi connectivity index (χ4v) is 2.89. The van der Waals surface area contributed by atoms with Gasteiger partial charge in [-0.1, -0.05) is 0 Å². The van der Waals surface area contributed by atoms with E-state index in [2.05, 4.69) is 15.6 Å². The Labute approximate surface area is 112 Å². The number of anilines is 1. The molecular weight excluding hydrogens is 274 g/mol. The molecule has 1 aliphatic heterocycles. The molecule has 0 aromatic carbocycles. The van der Waals surface area contributed by atoms with Gasteiger partial charge in [-0.25, -0.2) is 4.98 Å². The van der Waals surface area contributed by atoms with Crippen LogP contribution in [0.3, 0.4) is 0 Å². The van der Waals surface area contributed by atoms with Crippen LogP contribution in [0.15, 0.2) is 16.5 Å². The number of halogens is 1. The summed E-state index contributed by atoms with van der Waals surface area (Å²) in [5, 5.41) is 6.78. The molecule has 0 atom stereocenters. The molecule has 0 fully saturated rings. The number of carbonyl (C=O) groups is 1. The highest BCUT2D eigenvalue weighted by Crippen LogP contribution is 2.26. The summed E-state index contributed by atoms with van der Waals surface area (Å²) in [4.78, 5) is 17.4. The Morgan fingerprint density at radius 1 is 1.56 bits per heavy atom. The van der Waals surface area contributed by atoms with Crippen molar-refractivity contribution in [1.82, 2.24) is 10.3 Å². The van der Waals surface area contributed by atoms with Crippen LogP contribution in [0.1, 0.15) is 21.1 Å². The van der Waals surface area contributed by atoms with Crippen LogP contribution in [-0.2, 0) is 13.0 Å². The van der Waals surface area contributed by atoms with Crippen molar-refractivity contribution in [1.29, 1.82) is 0 Å². The first-order chi connectivity index (χ1) is 8.72. The molecule has 3 rings (SSSR count). The molecule has 94 valence electrons. The van der Waals surface area contributed by atoms with Crippen LogP contribution in [0.25, 0.3) is 0 Å². The van der Waals surface area contributed by atoms with Gasteiger partial charge in [-0.3, -0.25) is 10.1 Å². The molecule has 0 aliphatic carbocycles. The molecule has 2 aromatic rings. The van der Waals surface area contributed by atoms with Gasteiger partial charge in [-0.15, -0.1) is 11.3 Å².